The minimum atomic E-state index is -0.406. The maximum atomic E-state index is 12.2. The first-order valence-electron chi connectivity index (χ1n) is 10.1. The summed E-state index contributed by atoms with van der Waals surface area (Å²) in [6.07, 6.45) is 1.74. The molecule has 1 aromatic carbocycles. The summed E-state index contributed by atoms with van der Waals surface area (Å²) >= 11 is 1.46. The summed E-state index contributed by atoms with van der Waals surface area (Å²) in [6.45, 7) is 6.43. The van der Waals surface area contributed by atoms with Crippen LogP contribution in [0.5, 0.6) is 5.75 Å². The Labute approximate surface area is 181 Å². The molecule has 0 bridgehead atoms. The van der Waals surface area contributed by atoms with E-state index in [-0.39, 0.29) is 11.3 Å². The molecule has 0 saturated carbocycles. The summed E-state index contributed by atoms with van der Waals surface area (Å²) in [5.41, 5.74) is 2.27. The first-order chi connectivity index (χ1) is 15.0. The van der Waals surface area contributed by atoms with Crippen molar-refractivity contribution in [1.82, 2.24) is 19.2 Å². The van der Waals surface area contributed by atoms with Crippen LogP contribution >= 0.6 is 11.3 Å². The Kier molecular flexibility index (Phi) is 5.09. The predicted molar refractivity (Wildman–Crippen MR) is 119 cm³/mol. The Morgan fingerprint density at radius 3 is 2.61 bits per heavy atom. The van der Waals surface area contributed by atoms with Crippen molar-refractivity contribution < 1.29 is 9.52 Å². The highest BCUT2D eigenvalue weighted by Crippen LogP contribution is 2.28. The van der Waals surface area contributed by atoms with Gasteiger partial charge in [0.15, 0.2) is 4.96 Å². The van der Waals surface area contributed by atoms with E-state index in [9.17, 15) is 14.7 Å². The van der Waals surface area contributed by atoms with E-state index in [4.69, 9.17) is 4.42 Å². The number of aryl methyl sites for hydroxylation is 1. The summed E-state index contributed by atoms with van der Waals surface area (Å²) < 4.78 is 6.91. The lowest BCUT2D eigenvalue weighted by molar-refractivity contribution is 0.121. The average molecular weight is 439 g/mol. The van der Waals surface area contributed by atoms with E-state index in [2.05, 4.69) is 14.8 Å². The summed E-state index contributed by atoms with van der Waals surface area (Å²) in [4.78, 5) is 34.2. The van der Waals surface area contributed by atoms with Crippen LogP contribution in [-0.2, 0) is 13.1 Å². The highest BCUT2D eigenvalue weighted by atomic mass is 32.1. The third-order valence-corrected chi connectivity index (χ3v) is 6.58. The number of hydrogen-bond acceptors (Lipinski definition) is 8. The van der Waals surface area contributed by atoms with Crippen molar-refractivity contribution in [3.8, 4) is 5.75 Å². The molecule has 0 spiro atoms. The van der Waals surface area contributed by atoms with Crippen LogP contribution in [0.2, 0.25) is 0 Å². The standard InChI is InChI=1S/C22H22N4O4S/c1-14-18(27)3-2-17-15(10-20(29)30-21(14)17)12-24-4-6-25(7-5-24)13-16-11-19(28)26-8-9-31-22(26)23-16/h2-3,8-11,27H,4-7,12-13H2,1H3. The molecule has 0 aliphatic carbocycles. The Balaban J connectivity index is 1.28. The van der Waals surface area contributed by atoms with E-state index >= 15 is 0 Å². The van der Waals surface area contributed by atoms with Gasteiger partial charge in [-0.15, -0.1) is 11.3 Å². The van der Waals surface area contributed by atoms with Crippen LogP contribution in [0.15, 0.2) is 49.8 Å². The topological polar surface area (TPSA) is 91.3 Å². The molecular formula is C22H22N4O4S. The van der Waals surface area contributed by atoms with E-state index in [0.717, 1.165) is 47.8 Å². The molecule has 0 radical (unpaired) electrons. The highest BCUT2D eigenvalue weighted by molar-refractivity contribution is 7.15. The number of nitrogens with zero attached hydrogens (tertiary/aromatic N) is 4. The molecule has 9 heteroatoms. The van der Waals surface area contributed by atoms with Gasteiger partial charge >= 0.3 is 5.63 Å². The Hall–Kier alpha value is -3.01. The van der Waals surface area contributed by atoms with Crippen LogP contribution in [0.3, 0.4) is 0 Å². The van der Waals surface area contributed by atoms with Crippen LogP contribution in [0.25, 0.3) is 15.9 Å². The quantitative estimate of drug-likeness (QED) is 0.489. The molecule has 0 amide bonds. The van der Waals surface area contributed by atoms with Crippen LogP contribution in [0, 0.1) is 6.92 Å². The summed E-state index contributed by atoms with van der Waals surface area (Å²) in [5.74, 6) is 0.121. The SMILES string of the molecule is Cc1c(O)ccc2c(CN3CCN(Cc4cc(=O)n5ccsc5n4)CC3)cc(=O)oc12. The van der Waals surface area contributed by atoms with Crippen LogP contribution in [-0.4, -0.2) is 50.5 Å². The van der Waals surface area contributed by atoms with Gasteiger partial charge in [0.25, 0.3) is 5.56 Å². The number of aromatic nitrogens is 2. The molecule has 0 unspecified atom stereocenters. The number of thiazole rings is 1. The second kappa shape index (κ2) is 7.92. The lowest BCUT2D eigenvalue weighted by Gasteiger charge is -2.34. The Morgan fingerprint density at radius 1 is 1.10 bits per heavy atom. The monoisotopic (exact) mass is 438 g/mol. The lowest BCUT2D eigenvalue weighted by Crippen LogP contribution is -2.45. The molecule has 4 heterocycles. The van der Waals surface area contributed by atoms with Crippen molar-refractivity contribution in [3.05, 3.63) is 73.4 Å². The molecule has 1 fully saturated rings. The number of phenolic OH excluding ortho intramolecular Hbond substituents is 1. The summed E-state index contributed by atoms with van der Waals surface area (Å²) in [6, 6.07) is 6.59. The fourth-order valence-electron chi connectivity index (χ4n) is 4.09. The van der Waals surface area contributed by atoms with E-state index in [1.807, 2.05) is 5.38 Å². The van der Waals surface area contributed by atoms with Crippen LogP contribution in [0.1, 0.15) is 16.8 Å². The molecule has 1 aliphatic rings. The van der Waals surface area contributed by atoms with E-state index < -0.39 is 5.63 Å². The molecule has 5 rings (SSSR count). The maximum Gasteiger partial charge on any atom is 0.336 e. The molecule has 3 aromatic heterocycles. The van der Waals surface area contributed by atoms with Gasteiger partial charge in [-0.3, -0.25) is 19.0 Å². The van der Waals surface area contributed by atoms with E-state index in [1.54, 1.807) is 41.8 Å². The van der Waals surface area contributed by atoms with E-state index in [1.165, 1.54) is 11.3 Å². The molecule has 4 aromatic rings. The number of benzene rings is 1. The summed E-state index contributed by atoms with van der Waals surface area (Å²) in [7, 11) is 0. The largest absolute Gasteiger partial charge is 0.508 e. The summed E-state index contributed by atoms with van der Waals surface area (Å²) in [5, 5.41) is 12.6. The molecule has 160 valence electrons. The zero-order valence-electron chi connectivity index (χ0n) is 17.1. The highest BCUT2D eigenvalue weighted by Gasteiger charge is 2.20. The smallest absolute Gasteiger partial charge is 0.336 e. The molecule has 31 heavy (non-hydrogen) atoms. The third kappa shape index (κ3) is 3.87. The van der Waals surface area contributed by atoms with Crippen LogP contribution in [0.4, 0.5) is 0 Å². The van der Waals surface area contributed by atoms with Crippen molar-refractivity contribution in [1.29, 1.82) is 0 Å². The van der Waals surface area contributed by atoms with Gasteiger partial charge < -0.3 is 9.52 Å². The number of aromatic hydroxyl groups is 1. The van der Waals surface area contributed by atoms with Gasteiger partial charge in [-0.05, 0) is 24.6 Å². The number of piperazine rings is 1. The van der Waals surface area contributed by atoms with Gasteiger partial charge in [-0.2, -0.15) is 0 Å². The first kappa shape index (κ1) is 19.9. The van der Waals surface area contributed by atoms with Gasteiger partial charge in [0, 0.05) is 73.9 Å². The number of hydrogen-bond donors (Lipinski definition) is 1. The minimum Gasteiger partial charge on any atom is -0.508 e. The van der Waals surface area contributed by atoms with Gasteiger partial charge in [-0.1, -0.05) is 0 Å². The zero-order valence-corrected chi connectivity index (χ0v) is 17.9. The van der Waals surface area contributed by atoms with Crippen molar-refractivity contribution in [3.63, 3.8) is 0 Å². The van der Waals surface area contributed by atoms with Crippen molar-refractivity contribution in [2.75, 3.05) is 26.2 Å². The minimum absolute atomic E-state index is 0.0454. The van der Waals surface area contributed by atoms with E-state index in [0.29, 0.717) is 24.2 Å². The normalized spacial score (nSPS) is 15.8. The molecule has 1 saturated heterocycles. The van der Waals surface area contributed by atoms with Gasteiger partial charge in [0.2, 0.25) is 0 Å². The van der Waals surface area contributed by atoms with Gasteiger partial charge in [0.05, 0.1) is 5.69 Å². The van der Waals surface area contributed by atoms with Crippen molar-refractivity contribution in [2.45, 2.75) is 20.0 Å². The molecule has 0 atom stereocenters. The van der Waals surface area contributed by atoms with Crippen LogP contribution < -0.4 is 11.2 Å². The molecule has 1 N–H and O–H groups in total. The Bertz CT molecular complexity index is 1380. The van der Waals surface area contributed by atoms with Crippen molar-refractivity contribution in [2.24, 2.45) is 0 Å². The Morgan fingerprint density at radius 2 is 1.84 bits per heavy atom. The average Bonchev–Trinajstić information content (AvgIpc) is 3.22. The number of fused-ring (bicyclic) bond motifs is 2. The molecule has 8 nitrogen and oxygen atoms in total. The maximum absolute atomic E-state index is 12.2. The van der Waals surface area contributed by atoms with Crippen molar-refractivity contribution >= 4 is 27.3 Å². The second-order valence-corrected chi connectivity index (χ2v) is 8.74. The predicted octanol–water partition coefficient (Wildman–Crippen LogP) is 2.19. The lowest BCUT2D eigenvalue weighted by atomic mass is 10.1. The first-order valence-corrected chi connectivity index (χ1v) is 11.0. The second-order valence-electron chi connectivity index (χ2n) is 7.87. The molecule has 1 aliphatic heterocycles. The van der Waals surface area contributed by atoms with Gasteiger partial charge in [-0.25, -0.2) is 9.78 Å². The fourth-order valence-corrected chi connectivity index (χ4v) is 4.83. The van der Waals surface area contributed by atoms with Gasteiger partial charge in [0.1, 0.15) is 11.3 Å². The molecular weight excluding hydrogens is 416 g/mol. The number of rotatable bonds is 4. The zero-order chi connectivity index (χ0) is 21.5. The third-order valence-electron chi connectivity index (χ3n) is 5.82. The fraction of sp³-hybridized carbons (Fsp3) is 0.318. The number of phenols is 1.